The fourth-order valence-corrected chi connectivity index (χ4v) is 1.94. The van der Waals surface area contributed by atoms with Gasteiger partial charge in [0.2, 0.25) is 11.8 Å². The van der Waals surface area contributed by atoms with Gasteiger partial charge in [-0.05, 0) is 18.4 Å². The number of likely N-dealkylation sites (tertiary alicyclic amines) is 1. The second-order valence-electron chi connectivity index (χ2n) is 4.47. The number of carbonyl (C=O) groups excluding carboxylic acids is 2. The van der Waals surface area contributed by atoms with E-state index in [0.29, 0.717) is 32.2 Å². The van der Waals surface area contributed by atoms with Gasteiger partial charge in [-0.15, -0.1) is 0 Å². The number of hydrogen-bond acceptors (Lipinski definition) is 4. The number of nitro groups is 1. The summed E-state index contributed by atoms with van der Waals surface area (Å²) in [6, 6.07) is 6.29. The van der Waals surface area contributed by atoms with Gasteiger partial charge in [-0.1, -0.05) is 12.1 Å². The standard InChI is InChI=1S/C13H14N2O4/c16-12(14-9-8-13(14)17)3-1-2-10-4-6-11(7-5-10)15(18)19/h4-7H,1-3,8-9H2. The van der Waals surface area contributed by atoms with Crippen LogP contribution in [0.3, 0.4) is 0 Å². The van der Waals surface area contributed by atoms with Gasteiger partial charge in [0.05, 0.1) is 4.92 Å². The molecule has 0 bridgehead atoms. The monoisotopic (exact) mass is 262 g/mol. The van der Waals surface area contributed by atoms with Crippen LogP contribution in [-0.2, 0) is 16.0 Å². The molecule has 0 aliphatic carbocycles. The summed E-state index contributed by atoms with van der Waals surface area (Å²) in [7, 11) is 0. The normalized spacial score (nSPS) is 14.1. The number of nitrogens with zero attached hydrogens (tertiary/aromatic N) is 2. The summed E-state index contributed by atoms with van der Waals surface area (Å²) in [5, 5.41) is 10.5. The molecule has 6 heteroatoms. The molecule has 1 aliphatic rings. The zero-order valence-corrected chi connectivity index (χ0v) is 10.4. The van der Waals surface area contributed by atoms with Crippen LogP contribution in [0.15, 0.2) is 24.3 Å². The number of benzene rings is 1. The highest BCUT2D eigenvalue weighted by Crippen LogP contribution is 2.15. The lowest BCUT2D eigenvalue weighted by Gasteiger charge is -2.28. The summed E-state index contributed by atoms with van der Waals surface area (Å²) in [5.41, 5.74) is 1.01. The lowest BCUT2D eigenvalue weighted by Crippen LogP contribution is -2.47. The second-order valence-corrected chi connectivity index (χ2v) is 4.47. The fraction of sp³-hybridized carbons (Fsp3) is 0.385. The minimum Gasteiger partial charge on any atom is -0.282 e. The highest BCUT2D eigenvalue weighted by molar-refractivity contribution is 5.99. The Balaban J connectivity index is 1.77. The number of carbonyl (C=O) groups is 2. The van der Waals surface area contributed by atoms with Crippen LogP contribution in [0.1, 0.15) is 24.8 Å². The first kappa shape index (κ1) is 13.2. The molecular weight excluding hydrogens is 248 g/mol. The van der Waals surface area contributed by atoms with Crippen LogP contribution in [0.25, 0.3) is 0 Å². The molecule has 0 N–H and O–H groups in total. The van der Waals surface area contributed by atoms with Crippen molar-refractivity contribution in [3.63, 3.8) is 0 Å². The highest BCUT2D eigenvalue weighted by atomic mass is 16.6. The van der Waals surface area contributed by atoms with Crippen molar-refractivity contribution < 1.29 is 14.5 Å². The number of aryl methyl sites for hydroxylation is 1. The molecule has 0 aromatic heterocycles. The molecule has 0 saturated carbocycles. The van der Waals surface area contributed by atoms with E-state index >= 15 is 0 Å². The average Bonchev–Trinajstić information content (AvgIpc) is 2.37. The number of hydrogen-bond donors (Lipinski definition) is 0. The number of nitro benzene ring substituents is 1. The lowest BCUT2D eigenvalue weighted by atomic mass is 10.1. The molecule has 2 rings (SSSR count). The molecule has 2 amide bonds. The van der Waals surface area contributed by atoms with Crippen LogP contribution < -0.4 is 0 Å². The molecule has 19 heavy (non-hydrogen) atoms. The van der Waals surface area contributed by atoms with E-state index in [-0.39, 0.29) is 17.5 Å². The molecule has 6 nitrogen and oxygen atoms in total. The van der Waals surface area contributed by atoms with Gasteiger partial charge in [0.15, 0.2) is 0 Å². The summed E-state index contributed by atoms with van der Waals surface area (Å²) in [4.78, 5) is 33.9. The van der Waals surface area contributed by atoms with E-state index in [9.17, 15) is 19.7 Å². The molecule has 1 saturated heterocycles. The number of imide groups is 1. The molecule has 0 atom stereocenters. The quantitative estimate of drug-likeness (QED) is 0.459. The Hall–Kier alpha value is -2.24. The molecule has 1 aromatic carbocycles. The van der Waals surface area contributed by atoms with Crippen molar-refractivity contribution in [3.05, 3.63) is 39.9 Å². The summed E-state index contributed by atoms with van der Waals surface area (Å²) in [6.45, 7) is 0.537. The summed E-state index contributed by atoms with van der Waals surface area (Å²) in [5.74, 6) is -0.224. The van der Waals surface area contributed by atoms with Gasteiger partial charge in [-0.25, -0.2) is 0 Å². The largest absolute Gasteiger partial charge is 0.282 e. The van der Waals surface area contributed by atoms with E-state index in [0.717, 1.165) is 5.56 Å². The summed E-state index contributed by atoms with van der Waals surface area (Å²) in [6.07, 6.45) is 2.11. The van der Waals surface area contributed by atoms with E-state index in [1.807, 2.05) is 0 Å². The molecule has 100 valence electrons. The Kier molecular flexibility index (Phi) is 3.89. The van der Waals surface area contributed by atoms with Gasteiger partial charge in [0.25, 0.3) is 5.69 Å². The van der Waals surface area contributed by atoms with Crippen molar-refractivity contribution in [2.24, 2.45) is 0 Å². The van der Waals surface area contributed by atoms with Gasteiger partial charge in [-0.2, -0.15) is 0 Å². The Morgan fingerprint density at radius 1 is 1.32 bits per heavy atom. The predicted molar refractivity (Wildman–Crippen MR) is 67.4 cm³/mol. The van der Waals surface area contributed by atoms with Gasteiger partial charge < -0.3 is 0 Å². The number of rotatable bonds is 5. The van der Waals surface area contributed by atoms with E-state index in [1.54, 1.807) is 12.1 Å². The number of β-lactam (4-membered cyclic amide) rings is 1. The molecule has 1 aromatic rings. The Labute approximate surface area is 110 Å². The maximum atomic E-state index is 11.6. The third kappa shape index (κ3) is 3.15. The second kappa shape index (κ2) is 5.60. The molecule has 0 unspecified atom stereocenters. The van der Waals surface area contributed by atoms with Crippen molar-refractivity contribution in [1.82, 2.24) is 4.90 Å². The zero-order valence-electron chi connectivity index (χ0n) is 10.4. The van der Waals surface area contributed by atoms with Crippen LogP contribution in [0.4, 0.5) is 5.69 Å². The van der Waals surface area contributed by atoms with Crippen molar-refractivity contribution in [3.8, 4) is 0 Å². The van der Waals surface area contributed by atoms with Crippen molar-refractivity contribution in [2.75, 3.05) is 6.54 Å². The first-order chi connectivity index (χ1) is 9.08. The summed E-state index contributed by atoms with van der Waals surface area (Å²) >= 11 is 0. The summed E-state index contributed by atoms with van der Waals surface area (Å²) < 4.78 is 0. The molecule has 0 spiro atoms. The maximum absolute atomic E-state index is 11.6. The van der Waals surface area contributed by atoms with Gasteiger partial charge in [0, 0.05) is 31.5 Å². The van der Waals surface area contributed by atoms with Crippen molar-refractivity contribution in [2.45, 2.75) is 25.7 Å². The minimum atomic E-state index is -0.442. The van der Waals surface area contributed by atoms with E-state index in [2.05, 4.69) is 0 Å². The van der Waals surface area contributed by atoms with Crippen LogP contribution >= 0.6 is 0 Å². The zero-order chi connectivity index (χ0) is 13.8. The average molecular weight is 262 g/mol. The number of amides is 2. The predicted octanol–water partition coefficient (Wildman–Crippen LogP) is 1.68. The molecule has 0 radical (unpaired) electrons. The third-order valence-electron chi connectivity index (χ3n) is 3.15. The Morgan fingerprint density at radius 3 is 2.47 bits per heavy atom. The van der Waals surface area contributed by atoms with Gasteiger partial charge >= 0.3 is 0 Å². The first-order valence-electron chi connectivity index (χ1n) is 6.14. The van der Waals surface area contributed by atoms with Crippen LogP contribution in [-0.4, -0.2) is 28.2 Å². The molecule has 1 heterocycles. The van der Waals surface area contributed by atoms with Crippen LogP contribution in [0, 0.1) is 10.1 Å². The van der Waals surface area contributed by atoms with Gasteiger partial charge in [0.1, 0.15) is 0 Å². The number of non-ortho nitro benzene ring substituents is 1. The molecule has 1 fully saturated rings. The maximum Gasteiger partial charge on any atom is 0.269 e. The smallest absolute Gasteiger partial charge is 0.269 e. The Bertz CT molecular complexity index is 510. The first-order valence-corrected chi connectivity index (χ1v) is 6.14. The van der Waals surface area contributed by atoms with Crippen LogP contribution in [0.5, 0.6) is 0 Å². The van der Waals surface area contributed by atoms with Crippen molar-refractivity contribution >= 4 is 17.5 Å². The van der Waals surface area contributed by atoms with E-state index in [1.165, 1.54) is 17.0 Å². The van der Waals surface area contributed by atoms with Gasteiger partial charge in [-0.3, -0.25) is 24.6 Å². The SMILES string of the molecule is O=C(CCCc1ccc([N+](=O)[O-])cc1)N1CCC1=O. The van der Waals surface area contributed by atoms with E-state index in [4.69, 9.17) is 0 Å². The van der Waals surface area contributed by atoms with E-state index < -0.39 is 4.92 Å². The van der Waals surface area contributed by atoms with Crippen LogP contribution in [0.2, 0.25) is 0 Å². The van der Waals surface area contributed by atoms with Crippen molar-refractivity contribution in [1.29, 1.82) is 0 Å². The fourth-order valence-electron chi connectivity index (χ4n) is 1.94. The topological polar surface area (TPSA) is 80.5 Å². The minimum absolute atomic E-state index is 0.0611. The molecule has 1 aliphatic heterocycles. The highest BCUT2D eigenvalue weighted by Gasteiger charge is 2.28. The molecular formula is C13H14N2O4. The third-order valence-corrected chi connectivity index (χ3v) is 3.15. The lowest BCUT2D eigenvalue weighted by molar-refractivity contribution is -0.384. The Morgan fingerprint density at radius 2 is 2.00 bits per heavy atom.